The first-order valence-corrected chi connectivity index (χ1v) is 12.9. The Morgan fingerprint density at radius 3 is 2.32 bits per heavy atom. The average molecular weight is 548 g/mol. The van der Waals surface area contributed by atoms with Crippen LogP contribution in [0.3, 0.4) is 0 Å². The number of amides is 1. The fourth-order valence-corrected chi connectivity index (χ4v) is 4.09. The monoisotopic (exact) mass is 547 g/mol. The van der Waals surface area contributed by atoms with Gasteiger partial charge in [-0.05, 0) is 25.5 Å². The van der Waals surface area contributed by atoms with Crippen molar-refractivity contribution in [2.45, 2.75) is 46.1 Å². The fraction of sp³-hybridized carbons (Fsp3) is 0.565. The molecule has 0 aliphatic heterocycles. The molecule has 0 heterocycles. The first-order chi connectivity index (χ1) is 17.1. The van der Waals surface area contributed by atoms with Crippen molar-refractivity contribution < 1.29 is 56.2 Å². The normalized spacial score (nSPS) is 13.2. The maximum atomic E-state index is 12.1. The second kappa shape index (κ2) is 13.9. The maximum Gasteiger partial charge on any atom is 0.513 e. The maximum absolute atomic E-state index is 12.1. The number of aliphatic hydroxyl groups is 1. The Balaban J connectivity index is 2.75. The Morgan fingerprint density at radius 1 is 1.08 bits per heavy atom. The van der Waals surface area contributed by atoms with E-state index in [-0.39, 0.29) is 36.8 Å². The molecule has 0 aliphatic rings. The summed E-state index contributed by atoms with van der Waals surface area (Å²) in [7, 11) is -4.08. The van der Waals surface area contributed by atoms with Gasteiger partial charge >= 0.3 is 18.1 Å². The van der Waals surface area contributed by atoms with Crippen LogP contribution in [0.5, 0.6) is 5.75 Å². The first kappa shape index (κ1) is 31.8. The molecule has 0 unspecified atom stereocenters. The van der Waals surface area contributed by atoms with Gasteiger partial charge in [-0.1, -0.05) is 26.0 Å². The third kappa shape index (κ3) is 9.98. The van der Waals surface area contributed by atoms with Crippen LogP contribution in [0, 0.1) is 5.41 Å². The minimum atomic E-state index is -4.08. The molecule has 1 aromatic rings. The Kier molecular flexibility index (Phi) is 12.0. The standard InChI is InChI=1S/C23H33NO12S/c1-5-33-19(26)17-9-6-7-10-18(17)36-21(29)34-13-11-23(30,20(27)28)22(3,4)15-35-37(31,32)14-8-12-24-16(2)25/h6-7,9-10,30H,5,8,11-15H2,1-4H3,(H,24,25)(H,27,28)/t23-/m0/s1. The summed E-state index contributed by atoms with van der Waals surface area (Å²) < 4.78 is 43.9. The van der Waals surface area contributed by atoms with Gasteiger partial charge < -0.3 is 29.7 Å². The van der Waals surface area contributed by atoms with E-state index >= 15 is 0 Å². The molecule has 1 aromatic carbocycles. The Morgan fingerprint density at radius 2 is 1.73 bits per heavy atom. The number of benzene rings is 1. The van der Waals surface area contributed by atoms with Gasteiger partial charge in [0, 0.05) is 25.3 Å². The van der Waals surface area contributed by atoms with Gasteiger partial charge in [-0.25, -0.2) is 14.4 Å². The highest BCUT2D eigenvalue weighted by Gasteiger charge is 2.51. The summed E-state index contributed by atoms with van der Waals surface area (Å²) >= 11 is 0. The number of carboxylic acids is 1. The van der Waals surface area contributed by atoms with Crippen molar-refractivity contribution in [2.24, 2.45) is 5.41 Å². The number of ether oxygens (including phenoxy) is 3. The van der Waals surface area contributed by atoms with Crippen molar-refractivity contribution in [2.75, 3.05) is 32.1 Å². The zero-order valence-corrected chi connectivity index (χ0v) is 22.0. The number of hydrogen-bond acceptors (Lipinski definition) is 11. The summed E-state index contributed by atoms with van der Waals surface area (Å²) in [5.74, 6) is -3.30. The second-order valence-electron chi connectivity index (χ2n) is 8.58. The van der Waals surface area contributed by atoms with Gasteiger partial charge in [0.25, 0.3) is 10.1 Å². The van der Waals surface area contributed by atoms with Gasteiger partial charge in [-0.3, -0.25) is 8.98 Å². The van der Waals surface area contributed by atoms with Crippen LogP contribution < -0.4 is 10.1 Å². The van der Waals surface area contributed by atoms with Crippen LogP contribution in [-0.4, -0.2) is 80.4 Å². The first-order valence-electron chi connectivity index (χ1n) is 11.3. The van der Waals surface area contributed by atoms with Crippen molar-refractivity contribution >= 4 is 34.1 Å². The highest BCUT2D eigenvalue weighted by atomic mass is 32.2. The van der Waals surface area contributed by atoms with Crippen molar-refractivity contribution in [3.05, 3.63) is 29.8 Å². The van der Waals surface area contributed by atoms with Crippen molar-refractivity contribution in [1.29, 1.82) is 0 Å². The molecule has 1 atom stereocenters. The van der Waals surface area contributed by atoms with Crippen LogP contribution in [0.2, 0.25) is 0 Å². The van der Waals surface area contributed by atoms with E-state index < -0.39 is 64.6 Å². The van der Waals surface area contributed by atoms with Gasteiger partial charge in [-0.2, -0.15) is 8.42 Å². The minimum absolute atomic E-state index is 0.0279. The number of carbonyl (C=O) groups is 4. The number of carbonyl (C=O) groups excluding carboxylic acids is 3. The van der Waals surface area contributed by atoms with Gasteiger partial charge in [0.1, 0.15) is 11.3 Å². The predicted octanol–water partition coefficient (Wildman–Crippen LogP) is 1.48. The molecular formula is C23H33NO12S. The fourth-order valence-electron chi connectivity index (χ4n) is 3.00. The van der Waals surface area contributed by atoms with Crippen LogP contribution >= 0.6 is 0 Å². The number of esters is 1. The molecule has 0 bridgehead atoms. The lowest BCUT2D eigenvalue weighted by Gasteiger charge is -2.38. The van der Waals surface area contributed by atoms with E-state index in [4.69, 9.17) is 18.4 Å². The number of para-hydroxylation sites is 1. The van der Waals surface area contributed by atoms with Crippen molar-refractivity contribution in [3.63, 3.8) is 0 Å². The summed E-state index contributed by atoms with van der Waals surface area (Å²) in [6.07, 6.45) is -1.82. The molecular weight excluding hydrogens is 514 g/mol. The van der Waals surface area contributed by atoms with E-state index in [1.807, 2.05) is 0 Å². The predicted molar refractivity (Wildman–Crippen MR) is 128 cm³/mol. The van der Waals surface area contributed by atoms with E-state index in [0.717, 1.165) is 0 Å². The number of aliphatic carboxylic acids is 1. The second-order valence-corrected chi connectivity index (χ2v) is 10.3. The molecule has 208 valence electrons. The number of nitrogens with one attached hydrogen (secondary N) is 1. The van der Waals surface area contributed by atoms with Crippen LogP contribution in [0.4, 0.5) is 4.79 Å². The Labute approximate surface area is 215 Å². The van der Waals surface area contributed by atoms with Crippen LogP contribution in [0.1, 0.15) is 50.9 Å². The summed E-state index contributed by atoms with van der Waals surface area (Å²) in [4.78, 5) is 46.9. The van der Waals surface area contributed by atoms with Crippen molar-refractivity contribution in [3.8, 4) is 5.75 Å². The van der Waals surface area contributed by atoms with E-state index in [2.05, 4.69) is 5.32 Å². The molecule has 0 radical (unpaired) electrons. The van der Waals surface area contributed by atoms with E-state index in [1.54, 1.807) is 6.92 Å². The SMILES string of the molecule is CCOC(=O)c1ccccc1OC(=O)OCC[C@](O)(C(=O)O)C(C)(C)COS(=O)(=O)CCCNC(C)=O. The summed E-state index contributed by atoms with van der Waals surface area (Å²) in [6, 6.07) is 5.74. The lowest BCUT2D eigenvalue weighted by molar-refractivity contribution is -0.178. The minimum Gasteiger partial charge on any atom is -0.479 e. The van der Waals surface area contributed by atoms with E-state index in [9.17, 15) is 37.8 Å². The smallest absolute Gasteiger partial charge is 0.479 e. The Bertz CT molecular complexity index is 1070. The molecule has 13 nitrogen and oxygen atoms in total. The van der Waals surface area contributed by atoms with Gasteiger partial charge in [0.15, 0.2) is 5.60 Å². The van der Waals surface area contributed by atoms with Crippen molar-refractivity contribution in [1.82, 2.24) is 5.32 Å². The zero-order chi connectivity index (χ0) is 28.3. The van der Waals surface area contributed by atoms with Crippen LogP contribution in [-0.2, 0) is 33.4 Å². The molecule has 0 saturated carbocycles. The average Bonchev–Trinajstić information content (AvgIpc) is 2.80. The molecule has 0 spiro atoms. The van der Waals surface area contributed by atoms with Crippen LogP contribution in [0.25, 0.3) is 0 Å². The molecule has 3 N–H and O–H groups in total. The molecule has 0 aromatic heterocycles. The summed E-state index contributed by atoms with van der Waals surface area (Å²) in [5, 5.41) is 22.9. The third-order valence-corrected chi connectivity index (χ3v) is 6.54. The summed E-state index contributed by atoms with van der Waals surface area (Å²) in [5.41, 5.74) is -4.23. The van der Waals surface area contributed by atoms with E-state index in [0.29, 0.717) is 0 Å². The van der Waals surface area contributed by atoms with Gasteiger partial charge in [0.2, 0.25) is 5.91 Å². The molecule has 14 heteroatoms. The topological polar surface area (TPSA) is 192 Å². The lowest BCUT2D eigenvalue weighted by atomic mass is 9.73. The van der Waals surface area contributed by atoms with E-state index in [1.165, 1.54) is 45.0 Å². The number of rotatable bonds is 15. The number of carboxylic acid groups (broad SMARTS) is 1. The lowest BCUT2D eigenvalue weighted by Crippen LogP contribution is -2.54. The zero-order valence-electron chi connectivity index (χ0n) is 21.1. The highest BCUT2D eigenvalue weighted by Crippen LogP contribution is 2.35. The Hall–Kier alpha value is -3.23. The molecule has 0 aliphatic carbocycles. The van der Waals surface area contributed by atoms with Gasteiger partial charge in [0.05, 0.1) is 25.6 Å². The van der Waals surface area contributed by atoms with Gasteiger partial charge in [-0.15, -0.1) is 0 Å². The van der Waals surface area contributed by atoms with Crippen LogP contribution in [0.15, 0.2) is 24.3 Å². The molecule has 1 rings (SSSR count). The molecule has 0 saturated heterocycles. The highest BCUT2D eigenvalue weighted by molar-refractivity contribution is 7.86. The third-order valence-electron chi connectivity index (χ3n) is 5.28. The largest absolute Gasteiger partial charge is 0.513 e. The molecule has 0 fully saturated rings. The quantitative estimate of drug-likeness (QED) is 0.124. The summed E-state index contributed by atoms with van der Waals surface area (Å²) in [6.45, 7) is 4.36. The number of hydrogen-bond donors (Lipinski definition) is 3. The molecule has 37 heavy (non-hydrogen) atoms. The molecule has 1 amide bonds.